The number of carbonyl (C=O) groups is 3. The molecule has 17 nitrogen and oxygen atoms in total. The molecule has 3 amide bonds. The number of methoxy groups -OCH3 is 1. The summed E-state index contributed by atoms with van der Waals surface area (Å²) in [5.74, 6) is 1.92. The maximum absolute atomic E-state index is 12.8. The Kier molecular flexibility index (Phi) is 21.1. The zero-order chi connectivity index (χ0) is 62.2. The quantitative estimate of drug-likeness (QED) is 0.0328. The first-order valence-corrected chi connectivity index (χ1v) is 31.6. The van der Waals surface area contributed by atoms with Crippen molar-refractivity contribution in [3.63, 3.8) is 0 Å². The van der Waals surface area contributed by atoms with Crippen molar-refractivity contribution in [2.24, 2.45) is 11.7 Å². The number of esters is 1. The van der Waals surface area contributed by atoms with Gasteiger partial charge in [-0.25, -0.2) is 29.5 Å². The van der Waals surface area contributed by atoms with Crippen molar-refractivity contribution in [2.45, 2.75) is 50.4 Å². The second kappa shape index (κ2) is 30.4. The third-order valence-corrected chi connectivity index (χ3v) is 17.9. The van der Waals surface area contributed by atoms with Crippen LogP contribution in [-0.2, 0) is 28.8 Å². The fraction of sp³-hybridized carbons (Fsp3) is 0.329. The van der Waals surface area contributed by atoms with Crippen LogP contribution in [-0.4, -0.2) is 158 Å². The van der Waals surface area contributed by atoms with E-state index in [0.717, 1.165) is 156 Å². The van der Waals surface area contributed by atoms with Crippen LogP contribution >= 0.6 is 0 Å². The van der Waals surface area contributed by atoms with Gasteiger partial charge in [0.05, 0.1) is 24.1 Å². The minimum atomic E-state index is -0.300. The van der Waals surface area contributed by atoms with Crippen molar-refractivity contribution >= 4 is 36.0 Å². The molecule has 7 aromatic rings. The van der Waals surface area contributed by atoms with Crippen molar-refractivity contribution in [1.82, 2.24) is 44.9 Å². The zero-order valence-electron chi connectivity index (χ0n) is 52.0. The number of amides is 3. The van der Waals surface area contributed by atoms with Gasteiger partial charge in [0, 0.05) is 118 Å². The number of urea groups is 1. The summed E-state index contributed by atoms with van der Waals surface area (Å²) in [5.41, 5.74) is 21.5. The lowest BCUT2D eigenvalue weighted by molar-refractivity contribution is -0.106. The van der Waals surface area contributed by atoms with E-state index in [1.165, 1.54) is 46.1 Å². The largest absolute Gasteiger partial charge is 0.465 e. The van der Waals surface area contributed by atoms with E-state index in [1.54, 1.807) is 0 Å². The Morgan fingerprint density at radius 2 is 1.17 bits per heavy atom. The highest BCUT2D eigenvalue weighted by Crippen LogP contribution is 2.44. The first kappa shape index (κ1) is 62.5. The van der Waals surface area contributed by atoms with Gasteiger partial charge < -0.3 is 51.3 Å². The molecule has 4 heterocycles. The van der Waals surface area contributed by atoms with Crippen LogP contribution in [0.4, 0.5) is 22.4 Å². The van der Waals surface area contributed by atoms with E-state index in [1.807, 2.05) is 60.9 Å². The second-order valence-corrected chi connectivity index (χ2v) is 24.0. The number of hydrogen-bond donors (Lipinski definition) is 5. The van der Waals surface area contributed by atoms with E-state index in [9.17, 15) is 9.59 Å². The summed E-state index contributed by atoms with van der Waals surface area (Å²) in [6, 6.07) is 41.6. The van der Waals surface area contributed by atoms with Crippen molar-refractivity contribution in [1.29, 1.82) is 0 Å². The maximum atomic E-state index is 12.8. The van der Waals surface area contributed by atoms with E-state index in [-0.39, 0.29) is 30.2 Å². The van der Waals surface area contributed by atoms with Gasteiger partial charge >= 0.3 is 12.0 Å². The second-order valence-electron chi connectivity index (χ2n) is 24.0. The Morgan fingerprint density at radius 3 is 1.72 bits per heavy atom. The molecule has 6 N–H and O–H groups in total. The van der Waals surface area contributed by atoms with Crippen molar-refractivity contribution < 1.29 is 19.1 Å². The average Bonchev–Trinajstić information content (AvgIpc) is 3.11. The Balaban J connectivity index is 0.000000178. The van der Waals surface area contributed by atoms with E-state index >= 15 is 0 Å². The molecule has 2 fully saturated rings. The van der Waals surface area contributed by atoms with Crippen LogP contribution in [0, 0.1) is 5.92 Å². The molecule has 5 aromatic carbocycles. The lowest BCUT2D eigenvalue weighted by atomic mass is 9.77. The van der Waals surface area contributed by atoms with Gasteiger partial charge in [-0.15, -0.1) is 0 Å². The Morgan fingerprint density at radius 1 is 0.644 bits per heavy atom. The predicted molar refractivity (Wildman–Crippen MR) is 359 cm³/mol. The molecule has 4 aliphatic carbocycles. The van der Waals surface area contributed by atoms with Crippen LogP contribution in [0.25, 0.3) is 22.5 Å². The molecule has 2 aromatic heterocycles. The standard InChI is InChI=1S/C37H41N7O.C35H39N5O2.CH3NO/c1-43-19-21-44(22-20-43)18-6-17-38-36-39-25-29-24-34(32-9-4-5-10-33(32)35(29)42-36)27-12-14-30(15-13-27)40-37(45)41-31-16-11-26-7-2-3-8-28(26)23-31;1-39-18-20-40(21-19-39)17-7-16-36-35-37-24-28-23-32(30-10-5-6-11-31(30)33(28)38-35)26-14-12-25(13-15-26)22-27-8-3-4-9-29(27)34(41)42-2;2-1-3/h2-5,7-10,12-16,23,25-26,34H,6,11,17-22,24H2,1H3,(H,38,39,42)(H2,40,41,45);3-6,8-15,24,32H,7,16-23H2,1-2H3,(H,36,37,38);1H,(H2,2,3). The third-order valence-electron chi connectivity index (χ3n) is 17.9. The van der Waals surface area contributed by atoms with Crippen LogP contribution in [0.5, 0.6) is 0 Å². The first-order valence-electron chi connectivity index (χ1n) is 31.6. The molecule has 2 saturated heterocycles. The number of nitrogens with one attached hydrogen (secondary N) is 4. The van der Waals surface area contributed by atoms with E-state index < -0.39 is 0 Å². The predicted octanol–water partition coefficient (Wildman–Crippen LogP) is 10.3. The number of fused-ring (bicyclic) bond motifs is 7. The molecule has 6 aliphatic rings. The molecular formula is C73H83N13O4. The molecule has 3 atom stereocenters. The Hall–Kier alpha value is -9.13. The summed E-state index contributed by atoms with van der Waals surface area (Å²) in [7, 11) is 5.81. The number of primary amides is 1. The SMILES string of the molecule is CN1CCN(CCCNc2ncc3c(n2)-c2ccccc2C(c2ccc(NC(=O)NC4=CCC5C=CC=CC5=C4)cc2)C3)CC1.COC(=O)c1ccccc1Cc1ccc(C2Cc3cnc(NCCCN4CCN(C)CC4)nc3-c3ccccc32)cc1.NC=O. The van der Waals surface area contributed by atoms with Crippen LogP contribution in [0.1, 0.15) is 86.0 Å². The molecule has 2 aliphatic heterocycles. The number of nitrogens with two attached hydrogens (primary N) is 1. The highest BCUT2D eigenvalue weighted by Gasteiger charge is 2.30. The number of ether oxygens (including phenoxy) is 1. The number of allylic oxidation sites excluding steroid dienone is 7. The molecule has 17 heteroatoms. The van der Waals surface area contributed by atoms with Gasteiger partial charge in [-0.2, -0.15) is 0 Å². The van der Waals surface area contributed by atoms with E-state index in [4.69, 9.17) is 29.5 Å². The fourth-order valence-corrected chi connectivity index (χ4v) is 12.9. The summed E-state index contributed by atoms with van der Waals surface area (Å²) in [4.78, 5) is 62.8. The molecular weight excluding hydrogens is 1120 g/mol. The summed E-state index contributed by atoms with van der Waals surface area (Å²) < 4.78 is 4.98. The minimum absolute atomic E-state index is 0.187. The van der Waals surface area contributed by atoms with Crippen molar-refractivity contribution in [2.75, 3.05) is 116 Å². The summed E-state index contributed by atoms with van der Waals surface area (Å²) >= 11 is 0. The minimum Gasteiger partial charge on any atom is -0.465 e. The van der Waals surface area contributed by atoms with Crippen LogP contribution in [0.2, 0.25) is 0 Å². The lowest BCUT2D eigenvalue weighted by Gasteiger charge is -2.32. The van der Waals surface area contributed by atoms with E-state index in [0.29, 0.717) is 29.8 Å². The molecule has 90 heavy (non-hydrogen) atoms. The fourth-order valence-electron chi connectivity index (χ4n) is 12.9. The van der Waals surface area contributed by atoms with E-state index in [2.05, 4.69) is 170 Å². The number of hydrogen-bond acceptors (Lipinski definition) is 14. The van der Waals surface area contributed by atoms with Gasteiger partial charge in [0.25, 0.3) is 0 Å². The number of nitrogens with zero attached hydrogens (tertiary/aromatic N) is 8. The monoisotopic (exact) mass is 1210 g/mol. The molecule has 0 saturated carbocycles. The maximum Gasteiger partial charge on any atom is 0.338 e. The normalized spacial score (nSPS) is 18.4. The molecule has 3 unspecified atom stereocenters. The van der Waals surface area contributed by atoms with Crippen LogP contribution in [0.3, 0.4) is 0 Å². The van der Waals surface area contributed by atoms with Gasteiger partial charge in [0.1, 0.15) is 0 Å². The number of aromatic nitrogens is 4. The topological polar surface area (TPSA) is 199 Å². The highest BCUT2D eigenvalue weighted by molar-refractivity contribution is 5.91. The van der Waals surface area contributed by atoms with Gasteiger partial charge in [0.2, 0.25) is 18.3 Å². The number of rotatable bonds is 17. The average molecular weight is 1210 g/mol. The van der Waals surface area contributed by atoms with Crippen LogP contribution in [0.15, 0.2) is 181 Å². The molecule has 464 valence electrons. The molecule has 0 spiro atoms. The molecule has 0 radical (unpaired) electrons. The highest BCUT2D eigenvalue weighted by atomic mass is 16.5. The number of benzene rings is 5. The summed E-state index contributed by atoms with van der Waals surface area (Å²) in [6.45, 7) is 13.1. The Bertz CT molecular complexity index is 3740. The van der Waals surface area contributed by atoms with Gasteiger partial charge in [-0.3, -0.25) is 4.79 Å². The van der Waals surface area contributed by atoms with Gasteiger partial charge in [0.15, 0.2) is 0 Å². The Labute approximate surface area is 529 Å². The van der Waals surface area contributed by atoms with Crippen molar-refractivity contribution in [3.8, 4) is 22.5 Å². The van der Waals surface area contributed by atoms with Crippen LogP contribution < -0.4 is 27.0 Å². The number of piperazine rings is 2. The van der Waals surface area contributed by atoms with Gasteiger partial charge in [-0.1, -0.05) is 134 Å². The first-order chi connectivity index (χ1) is 44.1. The lowest BCUT2D eigenvalue weighted by Crippen LogP contribution is -2.44. The van der Waals surface area contributed by atoms with Crippen molar-refractivity contribution in [3.05, 3.63) is 232 Å². The number of likely N-dealkylation sites (N-methyl/N-ethyl adjacent to an activating group) is 2. The number of carbonyl (C=O) groups excluding carboxylic acids is 3. The zero-order valence-corrected chi connectivity index (χ0v) is 52.0. The number of anilines is 3. The van der Waals surface area contributed by atoms with Gasteiger partial charge in [-0.05, 0) is 140 Å². The summed E-state index contributed by atoms with van der Waals surface area (Å²) in [5, 5.41) is 12.9. The molecule has 0 bridgehead atoms. The third kappa shape index (κ3) is 15.8. The molecule has 13 rings (SSSR count). The smallest absolute Gasteiger partial charge is 0.338 e. The summed E-state index contributed by atoms with van der Waals surface area (Å²) in [6.07, 6.45) is 22.2.